The third-order valence-electron chi connectivity index (χ3n) is 4.32. The minimum Gasteiger partial charge on any atom is -0.444 e. The second-order valence-electron chi connectivity index (χ2n) is 8.35. The highest BCUT2D eigenvalue weighted by Crippen LogP contribution is 2.29. The predicted molar refractivity (Wildman–Crippen MR) is 101 cm³/mol. The molecule has 0 aliphatic carbocycles. The maximum Gasteiger partial charge on any atom is 0.416 e. The summed E-state index contributed by atoms with van der Waals surface area (Å²) in [5, 5.41) is 5.46. The van der Waals surface area contributed by atoms with Crippen LogP contribution in [-0.4, -0.2) is 29.7 Å². The Morgan fingerprint density at radius 1 is 1.11 bits per heavy atom. The second-order valence-corrected chi connectivity index (χ2v) is 8.35. The van der Waals surface area contributed by atoms with Crippen LogP contribution in [-0.2, 0) is 22.1 Å². The highest BCUT2D eigenvalue weighted by Gasteiger charge is 2.33. The number of benzene rings is 1. The summed E-state index contributed by atoms with van der Waals surface area (Å²) >= 11 is 0. The smallest absolute Gasteiger partial charge is 0.416 e. The van der Waals surface area contributed by atoms with E-state index in [1.807, 2.05) is 13.8 Å². The second kappa shape index (κ2) is 8.84. The zero-order valence-corrected chi connectivity index (χ0v) is 17.2. The number of hydrogen-bond donors (Lipinski definition) is 2. The summed E-state index contributed by atoms with van der Waals surface area (Å²) in [6, 6.07) is 4.67. The molecule has 1 rings (SSSR count). The maximum atomic E-state index is 12.8. The molecule has 0 radical (unpaired) electrons. The van der Waals surface area contributed by atoms with Gasteiger partial charge in [-0.05, 0) is 45.2 Å². The van der Waals surface area contributed by atoms with E-state index in [2.05, 4.69) is 10.6 Å². The number of alkyl carbamates (subject to hydrolysis) is 1. The minimum absolute atomic E-state index is 0.0482. The molecule has 0 aliphatic rings. The topological polar surface area (TPSA) is 67.4 Å². The van der Waals surface area contributed by atoms with Gasteiger partial charge in [0.25, 0.3) is 0 Å². The van der Waals surface area contributed by atoms with Gasteiger partial charge in [-0.1, -0.05) is 32.0 Å². The van der Waals surface area contributed by atoms with E-state index in [-0.39, 0.29) is 24.4 Å². The van der Waals surface area contributed by atoms with Gasteiger partial charge >= 0.3 is 12.3 Å². The predicted octanol–water partition coefficient (Wildman–Crippen LogP) is 4.30. The van der Waals surface area contributed by atoms with Gasteiger partial charge in [-0.15, -0.1) is 0 Å². The zero-order chi connectivity index (χ0) is 21.8. The molecule has 2 N–H and O–H groups in total. The number of nitrogens with one attached hydrogen (secondary N) is 2. The van der Waals surface area contributed by atoms with Gasteiger partial charge in [0, 0.05) is 6.54 Å². The quantitative estimate of drug-likeness (QED) is 0.745. The Balaban J connectivity index is 2.78. The molecular weight excluding hydrogens is 373 g/mol. The van der Waals surface area contributed by atoms with Crippen molar-refractivity contribution < 1.29 is 27.5 Å². The molecule has 2 amide bonds. The summed E-state index contributed by atoms with van der Waals surface area (Å²) in [6.07, 6.45) is -5.26. The van der Waals surface area contributed by atoms with Crippen molar-refractivity contribution in [2.45, 2.75) is 65.3 Å². The van der Waals surface area contributed by atoms with Crippen molar-refractivity contribution in [2.24, 2.45) is 5.92 Å². The highest BCUT2D eigenvalue weighted by molar-refractivity contribution is 5.79. The van der Waals surface area contributed by atoms with E-state index in [4.69, 9.17) is 4.74 Å². The van der Waals surface area contributed by atoms with Crippen LogP contribution >= 0.6 is 0 Å². The van der Waals surface area contributed by atoms with Crippen molar-refractivity contribution in [3.05, 3.63) is 35.4 Å². The van der Waals surface area contributed by atoms with Gasteiger partial charge in [-0.3, -0.25) is 4.79 Å². The summed E-state index contributed by atoms with van der Waals surface area (Å²) in [6.45, 7) is 10.9. The molecule has 0 aliphatic heterocycles. The van der Waals surface area contributed by atoms with Crippen LogP contribution in [0.1, 0.15) is 52.7 Å². The number of carbonyl (C=O) groups excluding carboxylic acids is 2. The Morgan fingerprint density at radius 2 is 1.71 bits per heavy atom. The van der Waals surface area contributed by atoms with E-state index in [0.29, 0.717) is 0 Å². The van der Waals surface area contributed by atoms with Gasteiger partial charge in [-0.25, -0.2) is 4.79 Å². The molecule has 158 valence electrons. The van der Waals surface area contributed by atoms with Crippen LogP contribution in [0.15, 0.2) is 24.3 Å². The Kier molecular flexibility index (Phi) is 7.51. The first-order valence-corrected chi connectivity index (χ1v) is 9.06. The zero-order valence-electron chi connectivity index (χ0n) is 17.2. The van der Waals surface area contributed by atoms with Gasteiger partial charge in [0.15, 0.2) is 0 Å². The van der Waals surface area contributed by atoms with E-state index in [1.54, 1.807) is 27.7 Å². The van der Waals surface area contributed by atoms with Gasteiger partial charge in [0.05, 0.1) is 17.5 Å². The lowest BCUT2D eigenvalue weighted by atomic mass is 9.88. The normalized spacial score (nSPS) is 14.4. The average Bonchev–Trinajstić information content (AvgIpc) is 2.50. The summed E-state index contributed by atoms with van der Waals surface area (Å²) in [4.78, 5) is 24.3. The fourth-order valence-corrected chi connectivity index (χ4v) is 2.37. The molecule has 0 fully saturated rings. The number of amides is 2. The van der Waals surface area contributed by atoms with Crippen LogP contribution in [0, 0.1) is 5.92 Å². The van der Waals surface area contributed by atoms with Gasteiger partial charge in [0.2, 0.25) is 5.91 Å². The van der Waals surface area contributed by atoms with Crippen LogP contribution < -0.4 is 10.6 Å². The van der Waals surface area contributed by atoms with Crippen LogP contribution in [0.4, 0.5) is 18.0 Å². The first-order valence-electron chi connectivity index (χ1n) is 9.06. The Morgan fingerprint density at radius 3 is 2.21 bits per heavy atom. The highest BCUT2D eigenvalue weighted by atomic mass is 19.4. The molecule has 1 atom stereocenters. The lowest BCUT2D eigenvalue weighted by Gasteiger charge is -2.35. The lowest BCUT2D eigenvalue weighted by molar-refractivity contribution is -0.137. The summed E-state index contributed by atoms with van der Waals surface area (Å²) in [5.41, 5.74) is -1.98. The number of ether oxygens (including phenoxy) is 1. The fraction of sp³-hybridized carbons (Fsp3) is 0.600. The molecule has 0 saturated heterocycles. The van der Waals surface area contributed by atoms with Gasteiger partial charge in [-0.2, -0.15) is 13.2 Å². The monoisotopic (exact) mass is 402 g/mol. The molecular formula is C20H29F3N2O3. The summed E-state index contributed by atoms with van der Waals surface area (Å²) in [5.74, 6) is -0.477. The molecule has 0 heterocycles. The van der Waals surface area contributed by atoms with Crippen molar-refractivity contribution in [1.29, 1.82) is 0 Å². The van der Waals surface area contributed by atoms with Gasteiger partial charge < -0.3 is 15.4 Å². The molecule has 0 bridgehead atoms. The van der Waals surface area contributed by atoms with Crippen LogP contribution in [0.25, 0.3) is 0 Å². The van der Waals surface area contributed by atoms with Crippen LogP contribution in [0.3, 0.4) is 0 Å². The summed E-state index contributed by atoms with van der Waals surface area (Å²) in [7, 11) is 0. The average molecular weight is 402 g/mol. The largest absolute Gasteiger partial charge is 0.444 e. The SMILES string of the molecule is CC(C)C(C)(CNC(=O)OC(C)(C)C)NC(=O)Cc1cccc(C(F)(F)F)c1. The van der Waals surface area contributed by atoms with E-state index >= 15 is 0 Å². The first-order chi connectivity index (χ1) is 12.6. The number of rotatable bonds is 6. The van der Waals surface area contributed by atoms with Crippen molar-refractivity contribution in [3.63, 3.8) is 0 Å². The standard InChI is InChI=1S/C20H29F3N2O3/c1-13(2)19(6,12-24-17(27)28-18(3,4)5)25-16(26)11-14-8-7-9-15(10-14)20(21,22)23/h7-10,13H,11-12H2,1-6H3,(H,24,27)(H,25,26). The van der Waals surface area contributed by atoms with E-state index in [9.17, 15) is 22.8 Å². The molecule has 8 heteroatoms. The Hall–Kier alpha value is -2.25. The van der Waals surface area contributed by atoms with E-state index < -0.39 is 34.9 Å². The third-order valence-corrected chi connectivity index (χ3v) is 4.32. The first kappa shape index (κ1) is 23.8. The van der Waals surface area contributed by atoms with Crippen molar-refractivity contribution in [3.8, 4) is 0 Å². The molecule has 0 spiro atoms. The minimum atomic E-state index is -4.46. The Labute approximate surface area is 164 Å². The molecule has 0 saturated carbocycles. The van der Waals surface area contributed by atoms with Crippen molar-refractivity contribution in [2.75, 3.05) is 6.54 Å². The molecule has 5 nitrogen and oxygen atoms in total. The number of alkyl halides is 3. The Bertz CT molecular complexity index is 697. The van der Waals surface area contributed by atoms with E-state index in [1.165, 1.54) is 12.1 Å². The molecule has 1 unspecified atom stereocenters. The van der Waals surface area contributed by atoms with Crippen molar-refractivity contribution in [1.82, 2.24) is 10.6 Å². The maximum absolute atomic E-state index is 12.8. The van der Waals surface area contributed by atoms with Crippen LogP contribution in [0.2, 0.25) is 0 Å². The number of halogens is 3. The molecule has 1 aromatic rings. The van der Waals surface area contributed by atoms with Crippen LogP contribution in [0.5, 0.6) is 0 Å². The lowest BCUT2D eigenvalue weighted by Crippen LogP contribution is -2.57. The molecule has 0 aromatic heterocycles. The van der Waals surface area contributed by atoms with Gasteiger partial charge in [0.1, 0.15) is 5.60 Å². The van der Waals surface area contributed by atoms with E-state index in [0.717, 1.165) is 12.1 Å². The molecule has 1 aromatic carbocycles. The summed E-state index contributed by atoms with van der Waals surface area (Å²) < 4.78 is 43.7. The number of carbonyl (C=O) groups is 2. The molecule has 28 heavy (non-hydrogen) atoms. The third kappa shape index (κ3) is 7.78. The van der Waals surface area contributed by atoms with Crippen molar-refractivity contribution >= 4 is 12.0 Å². The fourth-order valence-electron chi connectivity index (χ4n) is 2.37. The number of hydrogen-bond acceptors (Lipinski definition) is 3.